The highest BCUT2D eigenvalue weighted by atomic mass is 32.2. The largest absolute Gasteiger partial charge is 0.456 e. The van der Waals surface area contributed by atoms with Gasteiger partial charge in [-0.2, -0.15) is 9.40 Å². The van der Waals surface area contributed by atoms with Crippen LogP contribution in [0.2, 0.25) is 0 Å². The van der Waals surface area contributed by atoms with Crippen molar-refractivity contribution in [3.63, 3.8) is 0 Å². The molecule has 9 nitrogen and oxygen atoms in total. The van der Waals surface area contributed by atoms with Gasteiger partial charge in [0.1, 0.15) is 6.61 Å². The molecule has 0 spiro atoms. The van der Waals surface area contributed by atoms with Gasteiger partial charge in [0, 0.05) is 18.5 Å². The summed E-state index contributed by atoms with van der Waals surface area (Å²) in [7, 11) is -3.68. The highest BCUT2D eigenvalue weighted by molar-refractivity contribution is 7.89. The normalized spacial score (nSPS) is 14.5. The first-order chi connectivity index (χ1) is 17.9. The van der Waals surface area contributed by atoms with Crippen molar-refractivity contribution in [2.75, 3.05) is 26.3 Å². The van der Waals surface area contributed by atoms with Crippen molar-refractivity contribution >= 4 is 26.8 Å². The van der Waals surface area contributed by atoms with E-state index in [1.807, 2.05) is 30.3 Å². The van der Waals surface area contributed by atoms with Gasteiger partial charge in [-0.25, -0.2) is 17.9 Å². The summed E-state index contributed by atoms with van der Waals surface area (Å²) >= 11 is 0. The van der Waals surface area contributed by atoms with Gasteiger partial charge in [0.15, 0.2) is 5.69 Å². The maximum Gasteiger partial charge on any atom is 0.359 e. The monoisotopic (exact) mass is 519 g/mol. The number of sulfonamides is 1. The van der Waals surface area contributed by atoms with Crippen LogP contribution >= 0.6 is 0 Å². The van der Waals surface area contributed by atoms with Crippen LogP contribution < -0.4 is 5.56 Å². The van der Waals surface area contributed by atoms with Crippen LogP contribution in [0, 0.1) is 0 Å². The Balaban J connectivity index is 1.39. The van der Waals surface area contributed by atoms with E-state index in [-0.39, 0.29) is 29.3 Å². The van der Waals surface area contributed by atoms with Crippen molar-refractivity contribution in [2.45, 2.75) is 18.0 Å². The molecule has 1 fully saturated rings. The van der Waals surface area contributed by atoms with Crippen molar-refractivity contribution in [3.05, 3.63) is 106 Å². The average Bonchev–Trinajstić information content (AvgIpc) is 2.94. The molecule has 0 N–H and O–H groups in total. The van der Waals surface area contributed by atoms with Gasteiger partial charge in [-0.15, -0.1) is 0 Å². The second-order valence-electron chi connectivity index (χ2n) is 8.58. The third-order valence-corrected chi connectivity index (χ3v) is 8.01. The lowest BCUT2D eigenvalue weighted by Crippen LogP contribution is -2.40. The molecule has 190 valence electrons. The van der Waals surface area contributed by atoms with Crippen molar-refractivity contribution < 1.29 is 22.7 Å². The van der Waals surface area contributed by atoms with Crippen molar-refractivity contribution in [1.29, 1.82) is 0 Å². The molecule has 1 saturated heterocycles. The van der Waals surface area contributed by atoms with E-state index in [0.717, 1.165) is 5.56 Å². The third-order valence-electron chi connectivity index (χ3n) is 6.11. The van der Waals surface area contributed by atoms with Crippen LogP contribution in [-0.2, 0) is 32.6 Å². The van der Waals surface area contributed by atoms with Gasteiger partial charge in [0.2, 0.25) is 10.0 Å². The number of morpholine rings is 1. The van der Waals surface area contributed by atoms with Crippen LogP contribution in [-0.4, -0.2) is 54.8 Å². The molecule has 0 saturated carbocycles. The van der Waals surface area contributed by atoms with Gasteiger partial charge in [0.25, 0.3) is 5.56 Å². The van der Waals surface area contributed by atoms with Gasteiger partial charge in [-0.3, -0.25) is 4.79 Å². The first-order valence-corrected chi connectivity index (χ1v) is 13.3. The van der Waals surface area contributed by atoms with Crippen LogP contribution in [0.3, 0.4) is 0 Å². The number of rotatable bonds is 7. The second kappa shape index (κ2) is 10.6. The van der Waals surface area contributed by atoms with E-state index in [4.69, 9.17) is 9.47 Å². The van der Waals surface area contributed by atoms with Gasteiger partial charge >= 0.3 is 5.97 Å². The quantitative estimate of drug-likeness (QED) is 0.346. The molecule has 10 heteroatoms. The lowest BCUT2D eigenvalue weighted by atomic mass is 10.1. The van der Waals surface area contributed by atoms with Crippen molar-refractivity contribution in [3.8, 4) is 0 Å². The summed E-state index contributed by atoms with van der Waals surface area (Å²) in [6.45, 7) is 1.33. The summed E-state index contributed by atoms with van der Waals surface area (Å²) in [6, 6.07) is 22.4. The minimum absolute atomic E-state index is 0.0169. The summed E-state index contributed by atoms with van der Waals surface area (Å²) < 4.78 is 39.4. The van der Waals surface area contributed by atoms with Crippen LogP contribution in [0.1, 0.15) is 21.6 Å². The molecule has 1 aliphatic rings. The summed E-state index contributed by atoms with van der Waals surface area (Å²) in [4.78, 5) is 26.3. The third kappa shape index (κ3) is 5.31. The smallest absolute Gasteiger partial charge is 0.359 e. The van der Waals surface area contributed by atoms with E-state index in [0.29, 0.717) is 42.6 Å². The maximum atomic E-state index is 13.1. The van der Waals surface area contributed by atoms with Gasteiger partial charge in [-0.1, -0.05) is 60.7 Å². The molecule has 0 unspecified atom stereocenters. The number of ether oxygens (including phenoxy) is 2. The van der Waals surface area contributed by atoms with Crippen LogP contribution in [0.25, 0.3) is 10.8 Å². The van der Waals surface area contributed by atoms with E-state index < -0.39 is 16.0 Å². The molecule has 0 radical (unpaired) electrons. The molecule has 3 aromatic carbocycles. The predicted molar refractivity (Wildman–Crippen MR) is 137 cm³/mol. The Hall–Kier alpha value is -3.86. The Kier molecular flexibility index (Phi) is 7.13. The zero-order valence-electron chi connectivity index (χ0n) is 19.9. The highest BCUT2D eigenvalue weighted by Gasteiger charge is 2.26. The lowest BCUT2D eigenvalue weighted by molar-refractivity contribution is 0.0465. The van der Waals surface area contributed by atoms with Crippen molar-refractivity contribution in [1.82, 2.24) is 14.1 Å². The first-order valence-electron chi connectivity index (χ1n) is 11.8. The van der Waals surface area contributed by atoms with Crippen LogP contribution in [0.5, 0.6) is 0 Å². The number of carbonyl (C=O) groups is 1. The Bertz CT molecular complexity index is 1600. The number of benzene rings is 3. The standard InChI is InChI=1S/C27H25N3O6S/c31-26-24-12-5-4-11-23(24)25(28-30(26)18-20-7-2-1-3-8-20)27(32)36-19-21-9-6-10-22(17-21)37(33,34)29-13-15-35-16-14-29/h1-12,17H,13-16,18-19H2. The molecule has 1 aliphatic heterocycles. The van der Waals surface area contributed by atoms with Crippen LogP contribution in [0.15, 0.2) is 88.6 Å². The number of hydrogen-bond donors (Lipinski definition) is 0. The van der Waals surface area contributed by atoms with E-state index in [1.54, 1.807) is 36.4 Å². The average molecular weight is 520 g/mol. The Labute approximate surface area is 213 Å². The van der Waals surface area contributed by atoms with Gasteiger partial charge < -0.3 is 9.47 Å². The number of nitrogens with zero attached hydrogens (tertiary/aromatic N) is 3. The fourth-order valence-corrected chi connectivity index (χ4v) is 5.68. The van der Waals surface area contributed by atoms with E-state index >= 15 is 0 Å². The number of carbonyl (C=O) groups excluding carboxylic acids is 1. The SMILES string of the molecule is O=C(OCc1cccc(S(=O)(=O)N2CCOCC2)c1)c1nn(Cc2ccccc2)c(=O)c2ccccc12. The predicted octanol–water partition coefficient (Wildman–Crippen LogP) is 2.82. The molecule has 37 heavy (non-hydrogen) atoms. The van der Waals surface area contributed by atoms with E-state index in [1.165, 1.54) is 21.1 Å². The molecule has 0 atom stereocenters. The fraction of sp³-hybridized carbons (Fsp3) is 0.222. The Morgan fingerprint density at radius 1 is 0.892 bits per heavy atom. The molecular formula is C27H25N3O6S. The fourth-order valence-electron chi connectivity index (χ4n) is 4.20. The minimum Gasteiger partial charge on any atom is -0.456 e. The Morgan fingerprint density at radius 2 is 1.57 bits per heavy atom. The highest BCUT2D eigenvalue weighted by Crippen LogP contribution is 2.20. The molecule has 5 rings (SSSR count). The Morgan fingerprint density at radius 3 is 2.32 bits per heavy atom. The number of fused-ring (bicyclic) bond motifs is 1. The molecular weight excluding hydrogens is 494 g/mol. The molecule has 1 aromatic heterocycles. The lowest BCUT2D eigenvalue weighted by Gasteiger charge is -2.26. The first kappa shape index (κ1) is 24.8. The summed E-state index contributed by atoms with van der Waals surface area (Å²) in [5.41, 5.74) is 1.09. The van der Waals surface area contributed by atoms with Gasteiger partial charge in [-0.05, 0) is 29.3 Å². The second-order valence-corrected chi connectivity index (χ2v) is 10.5. The maximum absolute atomic E-state index is 13.1. The zero-order chi connectivity index (χ0) is 25.8. The number of esters is 1. The van der Waals surface area contributed by atoms with Gasteiger partial charge in [0.05, 0.1) is 30.0 Å². The minimum atomic E-state index is -3.68. The van der Waals surface area contributed by atoms with E-state index in [2.05, 4.69) is 5.10 Å². The summed E-state index contributed by atoms with van der Waals surface area (Å²) in [6.07, 6.45) is 0. The molecule has 0 bridgehead atoms. The number of aromatic nitrogens is 2. The van der Waals surface area contributed by atoms with Crippen LogP contribution in [0.4, 0.5) is 0 Å². The summed E-state index contributed by atoms with van der Waals surface area (Å²) in [5, 5.41) is 5.10. The van der Waals surface area contributed by atoms with E-state index in [9.17, 15) is 18.0 Å². The molecule has 2 heterocycles. The molecule has 0 amide bonds. The number of hydrogen-bond acceptors (Lipinski definition) is 7. The molecule has 4 aromatic rings. The topological polar surface area (TPSA) is 108 Å². The summed E-state index contributed by atoms with van der Waals surface area (Å²) in [5.74, 6) is -0.709. The molecule has 0 aliphatic carbocycles. The zero-order valence-corrected chi connectivity index (χ0v) is 20.8. The van der Waals surface area contributed by atoms with Crippen molar-refractivity contribution in [2.24, 2.45) is 0 Å².